The second-order valence-electron chi connectivity index (χ2n) is 3.27. The first-order chi connectivity index (χ1) is 7.31. The average molecular weight is 267 g/mol. The largest absolute Gasteiger partial charge is 0.378 e. The first kappa shape index (κ1) is 10.5. The van der Waals surface area contributed by atoms with Gasteiger partial charge in [0.15, 0.2) is 0 Å². The quantitative estimate of drug-likeness (QED) is 0.724. The van der Waals surface area contributed by atoms with E-state index in [1.54, 1.807) is 6.20 Å². The van der Waals surface area contributed by atoms with Crippen molar-refractivity contribution in [3.05, 3.63) is 22.4 Å². The summed E-state index contributed by atoms with van der Waals surface area (Å²) in [5.74, 6) is 2.61. The molecule has 1 aliphatic heterocycles. The molecule has 1 fully saturated rings. The van der Waals surface area contributed by atoms with E-state index in [1.165, 1.54) is 0 Å². The zero-order valence-electron chi connectivity index (χ0n) is 8.24. The summed E-state index contributed by atoms with van der Waals surface area (Å²) in [5, 5.41) is 0. The average Bonchev–Trinajstić information content (AvgIpc) is 2.30. The van der Waals surface area contributed by atoms with Crippen LogP contribution in [0.5, 0.6) is 0 Å². The van der Waals surface area contributed by atoms with E-state index in [-0.39, 0.29) is 0 Å². The predicted molar refractivity (Wildman–Crippen MR) is 62.9 cm³/mol. The Morgan fingerprint density at radius 3 is 2.87 bits per heavy atom. The highest BCUT2D eigenvalue weighted by atomic mass is 79.9. The van der Waals surface area contributed by atoms with Crippen molar-refractivity contribution in [3.8, 4) is 12.3 Å². The molecule has 0 saturated carbocycles. The summed E-state index contributed by atoms with van der Waals surface area (Å²) in [5.41, 5.74) is 1.70. The van der Waals surface area contributed by atoms with Gasteiger partial charge < -0.3 is 9.64 Å². The number of pyridine rings is 1. The fourth-order valence-corrected chi connectivity index (χ4v) is 1.90. The number of hydrogen-bond donors (Lipinski definition) is 0. The third kappa shape index (κ3) is 2.31. The molecule has 2 heterocycles. The number of hydrogen-bond acceptors (Lipinski definition) is 3. The van der Waals surface area contributed by atoms with Crippen LogP contribution >= 0.6 is 15.9 Å². The van der Waals surface area contributed by atoms with E-state index >= 15 is 0 Å². The molecule has 0 bridgehead atoms. The highest BCUT2D eigenvalue weighted by Crippen LogP contribution is 2.23. The molecule has 0 unspecified atom stereocenters. The fraction of sp³-hybridized carbons (Fsp3) is 0.364. The van der Waals surface area contributed by atoms with E-state index in [0.29, 0.717) is 5.69 Å². The zero-order chi connectivity index (χ0) is 10.7. The van der Waals surface area contributed by atoms with Gasteiger partial charge in [0.2, 0.25) is 0 Å². The van der Waals surface area contributed by atoms with E-state index < -0.39 is 0 Å². The number of terminal acetylenes is 1. The zero-order valence-corrected chi connectivity index (χ0v) is 9.83. The molecule has 0 amide bonds. The molecule has 1 saturated heterocycles. The third-order valence-corrected chi connectivity index (χ3v) is 2.76. The Hall–Kier alpha value is -1.05. The van der Waals surface area contributed by atoms with Crippen molar-refractivity contribution >= 4 is 21.6 Å². The molecule has 0 spiro atoms. The molecule has 15 heavy (non-hydrogen) atoms. The summed E-state index contributed by atoms with van der Waals surface area (Å²) in [6.07, 6.45) is 7.14. The van der Waals surface area contributed by atoms with Crippen LogP contribution in [0.3, 0.4) is 0 Å². The van der Waals surface area contributed by atoms with Gasteiger partial charge in [0.25, 0.3) is 0 Å². The van der Waals surface area contributed by atoms with Crippen LogP contribution in [0.1, 0.15) is 5.69 Å². The van der Waals surface area contributed by atoms with Gasteiger partial charge in [-0.3, -0.25) is 0 Å². The molecule has 0 radical (unpaired) electrons. The summed E-state index contributed by atoms with van der Waals surface area (Å²) >= 11 is 3.40. The molecule has 3 nitrogen and oxygen atoms in total. The van der Waals surface area contributed by atoms with Crippen molar-refractivity contribution < 1.29 is 4.74 Å². The molecule has 0 atom stereocenters. The van der Waals surface area contributed by atoms with E-state index in [1.807, 2.05) is 6.07 Å². The molecular formula is C11H11BrN2O. The topological polar surface area (TPSA) is 25.4 Å². The summed E-state index contributed by atoms with van der Waals surface area (Å²) in [6, 6.07) is 2.01. The minimum Gasteiger partial charge on any atom is -0.378 e. The second kappa shape index (κ2) is 4.65. The van der Waals surface area contributed by atoms with Crippen molar-refractivity contribution in [2.24, 2.45) is 0 Å². The van der Waals surface area contributed by atoms with E-state index in [9.17, 15) is 0 Å². The Balaban J connectivity index is 2.32. The van der Waals surface area contributed by atoms with E-state index in [2.05, 4.69) is 31.7 Å². The van der Waals surface area contributed by atoms with E-state index in [4.69, 9.17) is 11.2 Å². The number of rotatable bonds is 1. The van der Waals surface area contributed by atoms with Crippen molar-refractivity contribution in [2.45, 2.75) is 0 Å². The monoisotopic (exact) mass is 266 g/mol. The van der Waals surface area contributed by atoms with Gasteiger partial charge in [-0.2, -0.15) is 0 Å². The van der Waals surface area contributed by atoms with Crippen molar-refractivity contribution in [2.75, 3.05) is 31.2 Å². The Labute approximate surface area is 97.6 Å². The first-order valence-corrected chi connectivity index (χ1v) is 5.55. The van der Waals surface area contributed by atoms with Gasteiger partial charge in [0.1, 0.15) is 5.69 Å². The molecule has 78 valence electrons. The lowest BCUT2D eigenvalue weighted by Crippen LogP contribution is -2.36. The smallest absolute Gasteiger partial charge is 0.136 e. The maximum absolute atomic E-state index is 5.42. The molecule has 0 aromatic carbocycles. The molecule has 4 heteroatoms. The SMILES string of the molecule is C#Cc1ncc(Br)cc1N1CCOCC1. The minimum absolute atomic E-state index is 0.695. The lowest BCUT2D eigenvalue weighted by molar-refractivity contribution is 0.122. The molecule has 1 aromatic heterocycles. The van der Waals surface area contributed by atoms with Crippen LogP contribution in [0.2, 0.25) is 0 Å². The molecule has 1 aromatic rings. The van der Waals surface area contributed by atoms with Crippen molar-refractivity contribution in [1.29, 1.82) is 0 Å². The molecule has 1 aliphatic rings. The molecule has 2 rings (SSSR count). The van der Waals surface area contributed by atoms with Crippen molar-refractivity contribution in [1.82, 2.24) is 4.98 Å². The summed E-state index contributed by atoms with van der Waals surface area (Å²) < 4.78 is 6.25. The Morgan fingerprint density at radius 1 is 1.47 bits per heavy atom. The number of aromatic nitrogens is 1. The Morgan fingerprint density at radius 2 is 2.20 bits per heavy atom. The standard InChI is InChI=1S/C11H11BrN2O/c1-2-10-11(7-9(12)8-13-10)14-3-5-15-6-4-14/h1,7-8H,3-6H2. The van der Waals surface area contributed by atoms with Gasteiger partial charge in [-0.25, -0.2) is 4.98 Å². The second-order valence-corrected chi connectivity index (χ2v) is 4.18. The number of ether oxygens (including phenoxy) is 1. The summed E-state index contributed by atoms with van der Waals surface area (Å²) in [6.45, 7) is 3.23. The third-order valence-electron chi connectivity index (χ3n) is 2.32. The van der Waals surface area contributed by atoms with Gasteiger partial charge >= 0.3 is 0 Å². The predicted octanol–water partition coefficient (Wildman–Crippen LogP) is 1.66. The number of halogens is 1. The fourth-order valence-electron chi connectivity index (χ4n) is 1.59. The Kier molecular flexibility index (Phi) is 3.24. The van der Waals surface area contributed by atoms with Gasteiger partial charge in [0, 0.05) is 23.8 Å². The minimum atomic E-state index is 0.695. The van der Waals surface area contributed by atoms with Crippen LogP contribution in [-0.2, 0) is 4.74 Å². The Bertz CT molecular complexity index is 394. The maximum atomic E-state index is 5.42. The lowest BCUT2D eigenvalue weighted by Gasteiger charge is -2.29. The van der Waals surface area contributed by atoms with Crippen LogP contribution in [-0.4, -0.2) is 31.3 Å². The molecule has 0 aliphatic carbocycles. The molecule has 0 N–H and O–H groups in total. The van der Waals surface area contributed by atoms with Crippen molar-refractivity contribution in [3.63, 3.8) is 0 Å². The molecular weight excluding hydrogens is 256 g/mol. The van der Waals surface area contributed by atoms with Gasteiger partial charge in [-0.15, -0.1) is 6.42 Å². The number of anilines is 1. The number of morpholine rings is 1. The van der Waals surface area contributed by atoms with Gasteiger partial charge in [-0.1, -0.05) is 0 Å². The summed E-state index contributed by atoms with van der Waals surface area (Å²) in [4.78, 5) is 6.41. The lowest BCUT2D eigenvalue weighted by atomic mass is 10.2. The highest BCUT2D eigenvalue weighted by molar-refractivity contribution is 9.10. The van der Waals surface area contributed by atoms with Crippen LogP contribution in [0.4, 0.5) is 5.69 Å². The van der Waals surface area contributed by atoms with Crippen LogP contribution in [0, 0.1) is 12.3 Å². The summed E-state index contributed by atoms with van der Waals surface area (Å²) in [7, 11) is 0. The van der Waals surface area contributed by atoms with Crippen LogP contribution in [0.15, 0.2) is 16.7 Å². The van der Waals surface area contributed by atoms with Crippen LogP contribution in [0.25, 0.3) is 0 Å². The van der Waals surface area contributed by atoms with Gasteiger partial charge in [0.05, 0.1) is 18.9 Å². The number of nitrogens with zero attached hydrogens (tertiary/aromatic N) is 2. The highest BCUT2D eigenvalue weighted by Gasteiger charge is 2.14. The van der Waals surface area contributed by atoms with Crippen LogP contribution < -0.4 is 4.90 Å². The first-order valence-electron chi connectivity index (χ1n) is 4.76. The maximum Gasteiger partial charge on any atom is 0.136 e. The van der Waals surface area contributed by atoms with Gasteiger partial charge in [-0.05, 0) is 27.9 Å². The van der Waals surface area contributed by atoms with E-state index in [0.717, 1.165) is 36.5 Å². The normalized spacial score (nSPS) is 16.1.